The van der Waals surface area contributed by atoms with Crippen molar-refractivity contribution in [1.29, 1.82) is 0 Å². The van der Waals surface area contributed by atoms with E-state index in [2.05, 4.69) is 29.4 Å². The molecule has 6 heteroatoms. The first-order chi connectivity index (χ1) is 65.4. The van der Waals surface area contributed by atoms with Gasteiger partial charge in [-0.3, -0.25) is 29.4 Å². The molecule has 748 valence electrons. The monoisotopic (exact) mass is 1810 g/mol. The topological polar surface area (TPSA) is 19.4 Å². The van der Waals surface area contributed by atoms with E-state index in [0.717, 1.165) is 227 Å². The van der Waals surface area contributed by atoms with E-state index >= 15 is 0 Å². The predicted molar refractivity (Wildman–Crippen MR) is 555 cm³/mol. The van der Waals surface area contributed by atoms with Crippen molar-refractivity contribution in [1.82, 2.24) is 29.4 Å². The van der Waals surface area contributed by atoms with Crippen molar-refractivity contribution < 1.29 is 0 Å². The maximum absolute atomic E-state index is 3.73. The summed E-state index contributed by atoms with van der Waals surface area (Å²) < 4.78 is 0. The van der Waals surface area contributed by atoms with Crippen molar-refractivity contribution in [2.24, 2.45) is 118 Å². The number of fused-ring (bicyclic) bond motifs is 2. The fraction of sp³-hybridized carbons (Fsp3) is 1.00. The molecule has 132 heavy (non-hydrogen) atoms. The summed E-state index contributed by atoms with van der Waals surface area (Å²) >= 11 is 0. The zero-order valence-electron chi connectivity index (χ0n) is 86.8. The maximum atomic E-state index is 3.73. The minimum atomic E-state index is 0.877. The smallest absolute Gasteiger partial charge is 0.0164 e. The molecule has 0 aliphatic heterocycles. The molecule has 23 saturated carbocycles. The van der Waals surface area contributed by atoms with Gasteiger partial charge in [0, 0.05) is 109 Å². The van der Waals surface area contributed by atoms with Crippen molar-refractivity contribution >= 4 is 0 Å². The minimum Gasteiger partial charge on any atom is -0.294 e. The van der Waals surface area contributed by atoms with E-state index in [1.165, 1.54) is 257 Å². The molecule has 4 unspecified atom stereocenters. The Morgan fingerprint density at radius 3 is 0.318 bits per heavy atom. The second-order valence-electron chi connectivity index (χ2n) is 55.7. The lowest BCUT2D eigenvalue weighted by molar-refractivity contribution is -0.152. The standard InChI is InChI=1S/C126H214N6/c1-9-29-105(30-10-1)127(106-31-11-2-12-32-106)113-65-49-89(50-66-113)97-81-101(82-97)93-57-73-117(74-58-93)131(118-75-59-94(60-76-118)102-83-98(84-102)90-51-67-114(68-52-90)128(107-33-13-3-14-34-107)108-35-15-4-16-36-108)125-121-45-25-27-47-123(121)126(124-48-28-26-46-122(124)125)132(119-77-61-95(62-78-119)103-85-99(86-103)91-53-69-115(70-54-91)129(109-37-17-5-18-38-109)110-39-19-6-20-40-110)120-79-63-96(64-80-120)104-87-100(88-104)92-55-71-116(72-56-92)130(111-41-21-7-22-42-111)112-43-23-8-24-44-112/h89-126H,1-88H2. The summed E-state index contributed by atoms with van der Waals surface area (Å²) in [5, 5.41) is 0. The molecule has 0 amide bonds. The Balaban J connectivity index is 0.469. The molecule has 0 aromatic heterocycles. The third kappa shape index (κ3) is 21.3. The van der Waals surface area contributed by atoms with Crippen molar-refractivity contribution in [2.45, 2.75) is 674 Å². The van der Waals surface area contributed by atoms with Crippen LogP contribution in [0.3, 0.4) is 0 Å². The van der Waals surface area contributed by atoms with Gasteiger partial charge >= 0.3 is 0 Å². The van der Waals surface area contributed by atoms with E-state index in [1.807, 2.05) is 0 Å². The zero-order chi connectivity index (χ0) is 87.6. The van der Waals surface area contributed by atoms with Gasteiger partial charge in [0.1, 0.15) is 0 Å². The summed E-state index contributed by atoms with van der Waals surface area (Å²) in [4.78, 5) is 20.6. The van der Waals surface area contributed by atoms with E-state index in [1.54, 1.807) is 308 Å². The quantitative estimate of drug-likeness (QED) is 0.0854. The largest absolute Gasteiger partial charge is 0.294 e. The Morgan fingerprint density at radius 2 is 0.189 bits per heavy atom. The van der Waals surface area contributed by atoms with Crippen LogP contribution in [0.1, 0.15) is 565 Å². The molecule has 6 nitrogen and oxygen atoms in total. The molecule has 0 bridgehead atoms. The molecule has 23 rings (SSSR count). The van der Waals surface area contributed by atoms with E-state index < -0.39 is 0 Å². The molecule has 0 N–H and O–H groups in total. The highest BCUT2D eigenvalue weighted by Crippen LogP contribution is 2.63. The lowest BCUT2D eigenvalue weighted by atomic mass is 9.53. The van der Waals surface area contributed by atoms with Crippen LogP contribution in [0.2, 0.25) is 0 Å². The lowest BCUT2D eigenvalue weighted by Crippen LogP contribution is -2.69. The van der Waals surface area contributed by atoms with Crippen LogP contribution >= 0.6 is 0 Å². The van der Waals surface area contributed by atoms with Crippen molar-refractivity contribution in [3.05, 3.63) is 0 Å². The first kappa shape index (κ1) is 95.3. The van der Waals surface area contributed by atoms with Crippen molar-refractivity contribution in [3.63, 3.8) is 0 Å². The molecule has 0 spiro atoms. The van der Waals surface area contributed by atoms with Crippen LogP contribution in [0.5, 0.6) is 0 Å². The van der Waals surface area contributed by atoms with Gasteiger partial charge in [-0.2, -0.15) is 0 Å². The molecule has 23 aliphatic rings. The van der Waals surface area contributed by atoms with E-state index in [4.69, 9.17) is 0 Å². The minimum absolute atomic E-state index is 0.877. The van der Waals surface area contributed by atoms with Gasteiger partial charge in [0.25, 0.3) is 0 Å². The van der Waals surface area contributed by atoms with Crippen LogP contribution in [0, 0.1) is 118 Å². The van der Waals surface area contributed by atoms with Gasteiger partial charge in [-0.15, -0.1) is 0 Å². The Kier molecular flexibility index (Phi) is 32.9. The highest BCUT2D eigenvalue weighted by molar-refractivity contribution is 5.13. The van der Waals surface area contributed by atoms with Crippen molar-refractivity contribution in [3.8, 4) is 0 Å². The fourth-order valence-corrected chi connectivity index (χ4v) is 42.7. The van der Waals surface area contributed by atoms with E-state index in [-0.39, 0.29) is 0 Å². The zero-order valence-corrected chi connectivity index (χ0v) is 86.8. The third-order valence-electron chi connectivity index (χ3n) is 49.6. The van der Waals surface area contributed by atoms with Gasteiger partial charge in [0.2, 0.25) is 0 Å². The number of rotatable bonds is 26. The van der Waals surface area contributed by atoms with Gasteiger partial charge in [-0.1, -0.05) is 180 Å². The average molecular weight is 1810 g/mol. The van der Waals surface area contributed by atoms with E-state index in [9.17, 15) is 0 Å². The highest BCUT2D eigenvalue weighted by atomic mass is 15.3. The molecule has 0 aromatic carbocycles. The lowest BCUT2D eigenvalue weighted by Gasteiger charge is -2.65. The van der Waals surface area contributed by atoms with Crippen molar-refractivity contribution in [2.75, 3.05) is 0 Å². The first-order valence-electron chi connectivity index (χ1n) is 64.1. The van der Waals surface area contributed by atoms with Gasteiger partial charge < -0.3 is 0 Å². The van der Waals surface area contributed by atoms with Crippen LogP contribution in [0.15, 0.2) is 0 Å². The molecule has 23 fully saturated rings. The summed E-state index contributed by atoms with van der Waals surface area (Å²) in [5.41, 5.74) is 0. The van der Waals surface area contributed by atoms with Gasteiger partial charge in [-0.05, 0) is 504 Å². The van der Waals surface area contributed by atoms with Gasteiger partial charge in [0.15, 0.2) is 0 Å². The highest BCUT2D eigenvalue weighted by Gasteiger charge is 2.60. The second kappa shape index (κ2) is 45.6. The summed E-state index contributed by atoms with van der Waals surface area (Å²) in [7, 11) is 0. The molecule has 4 atom stereocenters. The first-order valence-corrected chi connectivity index (χ1v) is 64.1. The van der Waals surface area contributed by atoms with Gasteiger partial charge in [0.05, 0.1) is 0 Å². The molecular weight excluding hydrogens is 1600 g/mol. The fourth-order valence-electron chi connectivity index (χ4n) is 42.7. The second-order valence-corrected chi connectivity index (χ2v) is 55.7. The molecular formula is C126H214N6. The summed E-state index contributed by atoms with van der Waals surface area (Å²) in [6.45, 7) is 0. The summed E-state index contributed by atoms with van der Waals surface area (Å²) in [6, 6.07) is 16.4. The Labute approximate surface area is 816 Å². The van der Waals surface area contributed by atoms with E-state index in [0.29, 0.717) is 0 Å². The van der Waals surface area contributed by atoms with Crippen LogP contribution < -0.4 is 0 Å². The number of nitrogens with zero attached hydrogens (tertiary/aromatic N) is 6. The molecule has 0 radical (unpaired) electrons. The van der Waals surface area contributed by atoms with Gasteiger partial charge in [-0.25, -0.2) is 0 Å². The number of hydrogen-bond donors (Lipinski definition) is 0. The van der Waals surface area contributed by atoms with Crippen LogP contribution in [-0.4, -0.2) is 138 Å². The SMILES string of the molecule is C1CCC(N(C2CCCCC2)C2CCC(C3CC(C4CCC(N(C5CCC(C6CC(C7CCC(N(C8CCCCC8)C8CCCCC8)CC7)C6)CC5)C5C6CCCCC6C(N(C6CCC(C7CC(C8CCC(N(C9CCCCC9)C9CCCCC9)CC8)C7)CC6)C6CCC(C7CC(C8CCC(N(C9CCCCC9)C9CCCCC9)CC8)C7)CC6)C6CCCCC65)CC4)C3)CC2)CC1. The number of hydrogen-bond acceptors (Lipinski definition) is 6. The van der Waals surface area contributed by atoms with Crippen LogP contribution in [-0.2, 0) is 0 Å². The Morgan fingerprint density at radius 1 is 0.0833 bits per heavy atom. The summed E-state index contributed by atoms with van der Waals surface area (Å²) in [6.07, 6.45) is 137. The molecule has 0 aromatic rings. The summed E-state index contributed by atoms with van der Waals surface area (Å²) in [5.74, 6) is 20.8. The Hall–Kier alpha value is -0.240. The maximum Gasteiger partial charge on any atom is 0.0164 e. The molecule has 23 aliphatic carbocycles. The Bertz CT molecular complexity index is 2820. The predicted octanol–water partition coefficient (Wildman–Crippen LogP) is 33.4. The third-order valence-corrected chi connectivity index (χ3v) is 49.6. The van der Waals surface area contributed by atoms with Crippen LogP contribution in [0.25, 0.3) is 0 Å². The normalized spacial score (nSPS) is 45.0. The molecule has 0 heterocycles. The molecule has 0 saturated heterocycles. The van der Waals surface area contributed by atoms with Crippen LogP contribution in [0.4, 0.5) is 0 Å². The average Bonchev–Trinajstić information content (AvgIpc) is 0.718.